The predicted octanol–water partition coefficient (Wildman–Crippen LogP) is 1.47. The van der Waals surface area contributed by atoms with Crippen LogP contribution < -0.4 is 4.74 Å². The molecule has 3 heterocycles. The van der Waals surface area contributed by atoms with Crippen LogP contribution in [-0.4, -0.2) is 69.5 Å². The Hall–Kier alpha value is -2.04. The van der Waals surface area contributed by atoms with Crippen molar-refractivity contribution in [1.82, 2.24) is 9.21 Å². The maximum Gasteiger partial charge on any atom is 0.387 e. The van der Waals surface area contributed by atoms with Crippen LogP contribution in [0.2, 0.25) is 0 Å². The standard InChI is InChI=1S/C18H20F2N2O5S/c19-18(20)27-15-1-3-16(4-2-15)28(24,25)22-9-13-7-21(8-14(13)10-22)17(23)12-5-6-26-11-12/h1-4,12,18H,5-11H2/t12-/m0/s1. The van der Waals surface area contributed by atoms with E-state index in [0.717, 1.165) is 17.6 Å². The van der Waals surface area contributed by atoms with Crippen LogP contribution in [0.1, 0.15) is 6.42 Å². The first-order chi connectivity index (χ1) is 13.3. The highest BCUT2D eigenvalue weighted by Gasteiger charge is 2.39. The topological polar surface area (TPSA) is 76.2 Å². The Morgan fingerprint density at radius 2 is 1.75 bits per heavy atom. The summed E-state index contributed by atoms with van der Waals surface area (Å²) in [6.45, 7) is -0.559. The fraction of sp³-hybridized carbons (Fsp3) is 0.500. The summed E-state index contributed by atoms with van der Waals surface area (Å²) in [6, 6.07) is 4.93. The third-order valence-electron chi connectivity index (χ3n) is 5.28. The van der Waals surface area contributed by atoms with Gasteiger partial charge in [0, 0.05) is 32.8 Å². The minimum atomic E-state index is -3.75. The smallest absolute Gasteiger partial charge is 0.387 e. The molecule has 1 atom stereocenters. The summed E-state index contributed by atoms with van der Waals surface area (Å²) >= 11 is 0. The first kappa shape index (κ1) is 19.3. The van der Waals surface area contributed by atoms with Crippen molar-refractivity contribution in [2.45, 2.75) is 17.9 Å². The van der Waals surface area contributed by atoms with E-state index in [9.17, 15) is 22.0 Å². The van der Waals surface area contributed by atoms with E-state index in [0.29, 0.717) is 26.3 Å². The van der Waals surface area contributed by atoms with Gasteiger partial charge in [-0.15, -0.1) is 0 Å². The summed E-state index contributed by atoms with van der Waals surface area (Å²) in [6.07, 6.45) is 0.728. The molecule has 4 rings (SSSR count). The van der Waals surface area contributed by atoms with Gasteiger partial charge < -0.3 is 14.4 Å². The Morgan fingerprint density at radius 1 is 1.11 bits per heavy atom. The largest absolute Gasteiger partial charge is 0.435 e. The Balaban J connectivity index is 1.39. The quantitative estimate of drug-likeness (QED) is 0.682. The number of carbonyl (C=O) groups excluding carboxylic acids is 1. The number of halogens is 2. The lowest BCUT2D eigenvalue weighted by molar-refractivity contribution is -0.134. The summed E-state index contributed by atoms with van der Waals surface area (Å²) in [7, 11) is -3.75. The van der Waals surface area contributed by atoms with Gasteiger partial charge in [0.05, 0.1) is 17.4 Å². The lowest BCUT2D eigenvalue weighted by atomic mass is 10.1. The zero-order valence-electron chi connectivity index (χ0n) is 15.0. The number of benzene rings is 1. The van der Waals surface area contributed by atoms with Crippen molar-refractivity contribution in [3.05, 3.63) is 35.4 Å². The fourth-order valence-corrected chi connectivity index (χ4v) is 5.23. The molecule has 0 N–H and O–H groups in total. The van der Waals surface area contributed by atoms with E-state index >= 15 is 0 Å². The molecule has 0 radical (unpaired) electrons. The normalized spacial score (nSPS) is 23.0. The molecular weight excluding hydrogens is 394 g/mol. The van der Waals surface area contributed by atoms with Crippen LogP contribution in [0, 0.1) is 5.92 Å². The van der Waals surface area contributed by atoms with Crippen molar-refractivity contribution in [3.8, 4) is 5.75 Å². The van der Waals surface area contributed by atoms with Gasteiger partial charge in [-0.05, 0) is 41.8 Å². The molecule has 1 aromatic rings. The molecule has 0 bridgehead atoms. The van der Waals surface area contributed by atoms with Crippen molar-refractivity contribution in [1.29, 1.82) is 0 Å². The molecule has 1 aromatic carbocycles. The van der Waals surface area contributed by atoms with Crippen LogP contribution in [0.4, 0.5) is 8.78 Å². The van der Waals surface area contributed by atoms with E-state index < -0.39 is 16.6 Å². The van der Waals surface area contributed by atoms with Gasteiger partial charge in [-0.3, -0.25) is 4.79 Å². The van der Waals surface area contributed by atoms with E-state index in [1.165, 1.54) is 28.6 Å². The molecule has 0 aliphatic carbocycles. The summed E-state index contributed by atoms with van der Waals surface area (Å²) in [5.41, 5.74) is 1.90. The average Bonchev–Trinajstić information content (AvgIpc) is 3.37. The SMILES string of the molecule is O=C([C@H]1CCOC1)N1CC2=C(C1)CN(S(=O)(=O)c1ccc(OC(F)F)cc1)C2. The first-order valence-electron chi connectivity index (χ1n) is 8.96. The number of rotatable bonds is 5. The van der Waals surface area contributed by atoms with Gasteiger partial charge >= 0.3 is 6.61 Å². The van der Waals surface area contributed by atoms with Crippen molar-refractivity contribution >= 4 is 15.9 Å². The number of sulfonamides is 1. The molecule has 0 spiro atoms. The van der Waals surface area contributed by atoms with E-state index in [2.05, 4.69) is 4.74 Å². The summed E-state index contributed by atoms with van der Waals surface area (Å²) < 4.78 is 61.0. The number of nitrogens with zero attached hydrogens (tertiary/aromatic N) is 2. The van der Waals surface area contributed by atoms with Gasteiger partial charge in [0.25, 0.3) is 0 Å². The molecule has 152 valence electrons. The predicted molar refractivity (Wildman–Crippen MR) is 94.4 cm³/mol. The van der Waals surface area contributed by atoms with Crippen LogP contribution in [0.15, 0.2) is 40.3 Å². The number of carbonyl (C=O) groups is 1. The Morgan fingerprint density at radius 3 is 2.29 bits per heavy atom. The van der Waals surface area contributed by atoms with Crippen molar-refractivity contribution < 1.29 is 31.5 Å². The second kappa shape index (κ2) is 7.41. The van der Waals surface area contributed by atoms with Crippen LogP contribution in [0.5, 0.6) is 5.75 Å². The molecular formula is C18H20F2N2O5S. The molecule has 1 amide bonds. The zero-order valence-corrected chi connectivity index (χ0v) is 15.8. The van der Waals surface area contributed by atoms with Crippen molar-refractivity contribution in [2.75, 3.05) is 39.4 Å². The molecule has 7 nitrogen and oxygen atoms in total. The van der Waals surface area contributed by atoms with Crippen molar-refractivity contribution in [2.24, 2.45) is 5.92 Å². The van der Waals surface area contributed by atoms with Gasteiger partial charge in [0.2, 0.25) is 15.9 Å². The highest BCUT2D eigenvalue weighted by molar-refractivity contribution is 7.89. The number of ether oxygens (including phenoxy) is 2. The summed E-state index contributed by atoms with van der Waals surface area (Å²) in [5.74, 6) is -0.134. The van der Waals surface area contributed by atoms with Crippen LogP contribution >= 0.6 is 0 Å². The lowest BCUT2D eigenvalue weighted by Crippen LogP contribution is -2.39. The number of hydrogen-bond donors (Lipinski definition) is 0. The minimum absolute atomic E-state index is 0.0197. The van der Waals surface area contributed by atoms with Gasteiger partial charge in [0.1, 0.15) is 5.75 Å². The average molecular weight is 414 g/mol. The second-order valence-electron chi connectivity index (χ2n) is 7.08. The third-order valence-corrected chi connectivity index (χ3v) is 7.08. The monoisotopic (exact) mass is 414 g/mol. The molecule has 3 aliphatic rings. The second-order valence-corrected chi connectivity index (χ2v) is 9.02. The van der Waals surface area contributed by atoms with E-state index in [-0.39, 0.29) is 35.6 Å². The molecule has 28 heavy (non-hydrogen) atoms. The number of amides is 1. The van der Waals surface area contributed by atoms with Gasteiger partial charge in [-0.25, -0.2) is 8.42 Å². The fourth-order valence-electron chi connectivity index (χ4n) is 3.80. The van der Waals surface area contributed by atoms with Crippen LogP contribution in [-0.2, 0) is 19.6 Å². The van der Waals surface area contributed by atoms with Gasteiger partial charge in [-0.2, -0.15) is 13.1 Å². The highest BCUT2D eigenvalue weighted by atomic mass is 32.2. The zero-order chi connectivity index (χ0) is 19.9. The Kier molecular flexibility index (Phi) is 5.11. The molecule has 3 aliphatic heterocycles. The maximum absolute atomic E-state index is 12.8. The summed E-state index contributed by atoms with van der Waals surface area (Å²) in [5, 5.41) is 0. The highest BCUT2D eigenvalue weighted by Crippen LogP contribution is 2.31. The lowest BCUT2D eigenvalue weighted by Gasteiger charge is -2.24. The Labute approximate surface area is 161 Å². The Bertz CT molecular complexity index is 877. The summed E-state index contributed by atoms with van der Waals surface area (Å²) in [4.78, 5) is 14.3. The van der Waals surface area contributed by atoms with Crippen LogP contribution in [0.3, 0.4) is 0 Å². The molecule has 1 saturated heterocycles. The van der Waals surface area contributed by atoms with Gasteiger partial charge in [-0.1, -0.05) is 0 Å². The number of alkyl halides is 2. The van der Waals surface area contributed by atoms with E-state index in [4.69, 9.17) is 4.74 Å². The number of hydrogen-bond acceptors (Lipinski definition) is 5. The molecule has 0 saturated carbocycles. The van der Waals surface area contributed by atoms with E-state index in [1.807, 2.05) is 0 Å². The van der Waals surface area contributed by atoms with Crippen molar-refractivity contribution in [3.63, 3.8) is 0 Å². The third kappa shape index (κ3) is 3.63. The molecule has 10 heteroatoms. The molecule has 0 unspecified atom stereocenters. The first-order valence-corrected chi connectivity index (χ1v) is 10.4. The van der Waals surface area contributed by atoms with E-state index in [1.54, 1.807) is 4.90 Å². The maximum atomic E-state index is 12.8. The van der Waals surface area contributed by atoms with Crippen LogP contribution in [0.25, 0.3) is 0 Å². The molecule has 1 fully saturated rings. The van der Waals surface area contributed by atoms with Gasteiger partial charge in [0.15, 0.2) is 0 Å². The minimum Gasteiger partial charge on any atom is -0.435 e. The molecule has 0 aromatic heterocycles.